The summed E-state index contributed by atoms with van der Waals surface area (Å²) in [6.45, 7) is 4.44. The van der Waals surface area contributed by atoms with E-state index in [4.69, 9.17) is 9.47 Å². The molecule has 30 heavy (non-hydrogen) atoms. The Morgan fingerprint density at radius 3 is 2.87 bits per heavy atom. The first kappa shape index (κ1) is 21.9. The minimum Gasteiger partial charge on any atom is -0.486 e. The van der Waals surface area contributed by atoms with Crippen LogP contribution in [0.3, 0.4) is 0 Å². The number of halogens is 1. The number of ether oxygens (including phenoxy) is 2. The third-order valence-corrected chi connectivity index (χ3v) is 4.41. The van der Waals surface area contributed by atoms with Crippen molar-refractivity contribution in [1.29, 1.82) is 0 Å². The number of rotatable bonds is 6. The minimum absolute atomic E-state index is 0. The van der Waals surface area contributed by atoms with E-state index < -0.39 is 0 Å². The molecule has 1 aromatic carbocycles. The highest BCUT2D eigenvalue weighted by molar-refractivity contribution is 14.0. The molecule has 0 fully saturated rings. The number of hydrogen-bond acceptors (Lipinski definition) is 5. The van der Waals surface area contributed by atoms with Crippen molar-refractivity contribution in [1.82, 2.24) is 25.2 Å². The van der Waals surface area contributed by atoms with Crippen LogP contribution >= 0.6 is 24.0 Å². The van der Waals surface area contributed by atoms with Crippen molar-refractivity contribution in [3.8, 4) is 17.3 Å². The van der Waals surface area contributed by atoms with Gasteiger partial charge in [0.1, 0.15) is 24.9 Å². The second kappa shape index (κ2) is 10.8. The summed E-state index contributed by atoms with van der Waals surface area (Å²) in [5.41, 5.74) is 1.06. The zero-order valence-corrected chi connectivity index (χ0v) is 19.0. The highest BCUT2D eigenvalue weighted by Crippen LogP contribution is 2.30. The summed E-state index contributed by atoms with van der Waals surface area (Å²) >= 11 is 0. The van der Waals surface area contributed by atoms with Crippen molar-refractivity contribution >= 4 is 29.9 Å². The van der Waals surface area contributed by atoms with Gasteiger partial charge in [-0.2, -0.15) is 0 Å². The van der Waals surface area contributed by atoms with Crippen LogP contribution in [-0.2, 0) is 6.54 Å². The number of nitrogens with zero attached hydrogens (tertiary/aromatic N) is 4. The summed E-state index contributed by atoms with van der Waals surface area (Å²) in [6, 6.07) is 11.7. The summed E-state index contributed by atoms with van der Waals surface area (Å²) in [5, 5.41) is 6.60. The monoisotopic (exact) mass is 520 g/mol. The summed E-state index contributed by atoms with van der Waals surface area (Å²) < 4.78 is 13.6. The van der Waals surface area contributed by atoms with E-state index in [1.165, 1.54) is 0 Å². The molecule has 0 aliphatic carbocycles. The van der Waals surface area contributed by atoms with Gasteiger partial charge >= 0.3 is 0 Å². The lowest BCUT2D eigenvalue weighted by molar-refractivity contribution is 0.0936. The fourth-order valence-electron chi connectivity index (χ4n) is 2.98. The van der Waals surface area contributed by atoms with Crippen LogP contribution in [-0.4, -0.2) is 46.3 Å². The van der Waals surface area contributed by atoms with Crippen molar-refractivity contribution in [3.63, 3.8) is 0 Å². The topological polar surface area (TPSA) is 85.6 Å². The summed E-state index contributed by atoms with van der Waals surface area (Å²) in [5.74, 6) is 3.11. The number of aliphatic imine (C=N–C) groups is 1. The number of imidazole rings is 1. The van der Waals surface area contributed by atoms with E-state index in [1.807, 2.05) is 54.1 Å². The molecule has 9 heteroatoms. The quantitative estimate of drug-likeness (QED) is 0.296. The Balaban J connectivity index is 0.00000256. The molecule has 3 aromatic rings. The lowest BCUT2D eigenvalue weighted by atomic mass is 10.2. The summed E-state index contributed by atoms with van der Waals surface area (Å²) in [4.78, 5) is 13.1. The van der Waals surface area contributed by atoms with Crippen molar-refractivity contribution < 1.29 is 9.47 Å². The Morgan fingerprint density at radius 1 is 1.20 bits per heavy atom. The van der Waals surface area contributed by atoms with Gasteiger partial charge in [-0.1, -0.05) is 12.1 Å². The predicted octanol–water partition coefficient (Wildman–Crippen LogP) is 2.78. The molecule has 0 bridgehead atoms. The Labute approximate surface area is 192 Å². The molecule has 4 rings (SSSR count). The average molecular weight is 520 g/mol. The van der Waals surface area contributed by atoms with Crippen LogP contribution in [0.1, 0.15) is 12.5 Å². The smallest absolute Gasteiger partial charge is 0.191 e. The van der Waals surface area contributed by atoms with Crippen LogP contribution in [0.5, 0.6) is 11.5 Å². The van der Waals surface area contributed by atoms with Crippen molar-refractivity contribution in [2.24, 2.45) is 4.99 Å². The molecule has 2 N–H and O–H groups in total. The van der Waals surface area contributed by atoms with Crippen molar-refractivity contribution in [2.45, 2.75) is 19.6 Å². The second-order valence-electron chi connectivity index (χ2n) is 6.57. The predicted molar refractivity (Wildman–Crippen MR) is 126 cm³/mol. The minimum atomic E-state index is -0.0810. The molecule has 1 atom stereocenters. The second-order valence-corrected chi connectivity index (χ2v) is 6.57. The van der Waals surface area contributed by atoms with E-state index in [-0.39, 0.29) is 30.1 Å². The van der Waals surface area contributed by atoms with Gasteiger partial charge in [0.15, 0.2) is 17.5 Å². The van der Waals surface area contributed by atoms with E-state index in [2.05, 4.69) is 25.6 Å². The molecule has 0 saturated heterocycles. The first-order valence-electron chi connectivity index (χ1n) is 9.65. The Bertz CT molecular complexity index is 964. The zero-order valence-electron chi connectivity index (χ0n) is 16.7. The van der Waals surface area contributed by atoms with Gasteiger partial charge in [-0.15, -0.1) is 24.0 Å². The van der Waals surface area contributed by atoms with Gasteiger partial charge in [-0.25, -0.2) is 15.0 Å². The Kier molecular flexibility index (Phi) is 7.89. The van der Waals surface area contributed by atoms with Gasteiger partial charge < -0.3 is 20.1 Å². The van der Waals surface area contributed by atoms with Crippen LogP contribution in [0, 0.1) is 0 Å². The van der Waals surface area contributed by atoms with E-state index in [9.17, 15) is 0 Å². The van der Waals surface area contributed by atoms with Crippen LogP contribution in [0.15, 0.2) is 66.3 Å². The molecular weight excluding hydrogens is 495 g/mol. The molecule has 158 valence electrons. The molecular formula is C21H25IN6O2. The first-order chi connectivity index (χ1) is 14.3. The molecule has 0 amide bonds. The number of fused-ring (bicyclic) bond motifs is 1. The van der Waals surface area contributed by atoms with Crippen LogP contribution in [0.4, 0.5) is 0 Å². The third-order valence-electron chi connectivity index (χ3n) is 4.41. The summed E-state index contributed by atoms with van der Waals surface area (Å²) in [6.07, 6.45) is 7.03. The number of aromatic nitrogens is 3. The van der Waals surface area contributed by atoms with Crippen LogP contribution in [0.2, 0.25) is 0 Å². The molecule has 8 nitrogen and oxygen atoms in total. The molecule has 0 saturated carbocycles. The standard InChI is InChI=1S/C21H24N6O2.HI/c1-2-23-21(26-13-17-14-28-18-5-3-4-6-19(18)29-17)25-12-16-7-8-24-20(11-16)27-10-9-22-15-27;/h3-11,15,17H,2,12-14H2,1H3,(H2,23,25,26);1H. The van der Waals surface area contributed by atoms with E-state index in [0.717, 1.165) is 35.4 Å². The fourth-order valence-corrected chi connectivity index (χ4v) is 2.98. The largest absolute Gasteiger partial charge is 0.486 e. The highest BCUT2D eigenvalue weighted by atomic mass is 127. The Morgan fingerprint density at radius 2 is 2.07 bits per heavy atom. The third kappa shape index (κ3) is 5.62. The van der Waals surface area contributed by atoms with E-state index in [0.29, 0.717) is 19.7 Å². The normalized spacial score (nSPS) is 15.2. The van der Waals surface area contributed by atoms with Gasteiger partial charge in [0.25, 0.3) is 0 Å². The number of benzene rings is 1. The number of nitrogens with one attached hydrogen (secondary N) is 2. The van der Waals surface area contributed by atoms with Gasteiger partial charge in [0.05, 0.1) is 13.1 Å². The lowest BCUT2D eigenvalue weighted by Crippen LogP contribution is -2.45. The first-order valence-corrected chi connectivity index (χ1v) is 9.65. The van der Waals surface area contributed by atoms with Crippen LogP contribution in [0.25, 0.3) is 5.82 Å². The van der Waals surface area contributed by atoms with E-state index >= 15 is 0 Å². The van der Waals surface area contributed by atoms with Crippen molar-refractivity contribution in [3.05, 3.63) is 66.9 Å². The molecule has 0 radical (unpaired) electrons. The van der Waals surface area contributed by atoms with Gasteiger partial charge in [-0.05, 0) is 36.8 Å². The maximum Gasteiger partial charge on any atom is 0.191 e. The average Bonchev–Trinajstić information content (AvgIpc) is 3.31. The van der Waals surface area contributed by atoms with E-state index in [1.54, 1.807) is 18.7 Å². The van der Waals surface area contributed by atoms with Crippen molar-refractivity contribution in [2.75, 3.05) is 19.7 Å². The van der Waals surface area contributed by atoms with Crippen LogP contribution < -0.4 is 20.1 Å². The maximum atomic E-state index is 5.99. The SMILES string of the molecule is CCNC(=NCc1ccnc(-n2ccnc2)c1)NCC1COc2ccccc2O1.I. The zero-order chi connectivity index (χ0) is 19.9. The number of pyridine rings is 1. The molecule has 3 heterocycles. The molecule has 0 spiro atoms. The Hall–Kier alpha value is -2.82. The lowest BCUT2D eigenvalue weighted by Gasteiger charge is -2.27. The van der Waals surface area contributed by atoms with Gasteiger partial charge in [0, 0.05) is 25.1 Å². The summed E-state index contributed by atoms with van der Waals surface area (Å²) in [7, 11) is 0. The number of hydrogen-bond donors (Lipinski definition) is 2. The van der Waals surface area contributed by atoms with Gasteiger partial charge in [0.2, 0.25) is 0 Å². The molecule has 1 aliphatic rings. The molecule has 1 unspecified atom stereocenters. The maximum absolute atomic E-state index is 5.99. The van der Waals surface area contributed by atoms with Gasteiger partial charge in [-0.3, -0.25) is 4.57 Å². The fraction of sp³-hybridized carbons (Fsp3) is 0.286. The molecule has 1 aliphatic heterocycles. The number of guanidine groups is 1. The highest BCUT2D eigenvalue weighted by Gasteiger charge is 2.20. The molecule has 2 aromatic heterocycles. The number of para-hydroxylation sites is 2.